The molecule has 0 spiro atoms. The van der Waals surface area contributed by atoms with Crippen molar-refractivity contribution in [1.29, 1.82) is 0 Å². The Morgan fingerprint density at radius 1 is 1.33 bits per heavy atom. The number of Topliss-reactive ketones (excluding diaryl/α,β-unsaturated/α-hetero) is 1. The van der Waals surface area contributed by atoms with Crippen molar-refractivity contribution in [3.63, 3.8) is 0 Å². The standard InChI is InChI=1S/C12H18N2O/c1-3-6-11-13-9-7-4-5-8-10(15)12(9)14(11)2/h3-8H2,1-2H3. The van der Waals surface area contributed by atoms with Crippen molar-refractivity contribution < 1.29 is 4.79 Å². The molecule has 0 amide bonds. The van der Waals surface area contributed by atoms with E-state index in [1.807, 2.05) is 11.6 Å². The number of fused-ring (bicyclic) bond motifs is 1. The lowest BCUT2D eigenvalue weighted by atomic mass is 10.2. The molecule has 3 nitrogen and oxygen atoms in total. The van der Waals surface area contributed by atoms with Crippen molar-refractivity contribution in [3.05, 3.63) is 17.2 Å². The van der Waals surface area contributed by atoms with Crippen LogP contribution in [0.25, 0.3) is 0 Å². The van der Waals surface area contributed by atoms with Crippen LogP contribution in [0.2, 0.25) is 0 Å². The summed E-state index contributed by atoms with van der Waals surface area (Å²) < 4.78 is 2.01. The molecule has 1 aromatic heterocycles. The van der Waals surface area contributed by atoms with Crippen LogP contribution >= 0.6 is 0 Å². The first-order valence-corrected chi connectivity index (χ1v) is 5.81. The van der Waals surface area contributed by atoms with Crippen molar-refractivity contribution >= 4 is 5.78 Å². The van der Waals surface area contributed by atoms with E-state index in [-0.39, 0.29) is 5.78 Å². The van der Waals surface area contributed by atoms with Crippen LogP contribution in [0.5, 0.6) is 0 Å². The van der Waals surface area contributed by atoms with Gasteiger partial charge in [0.1, 0.15) is 11.5 Å². The van der Waals surface area contributed by atoms with Gasteiger partial charge >= 0.3 is 0 Å². The first-order chi connectivity index (χ1) is 7.24. The van der Waals surface area contributed by atoms with E-state index in [1.165, 1.54) is 0 Å². The van der Waals surface area contributed by atoms with Gasteiger partial charge in [-0.1, -0.05) is 6.92 Å². The van der Waals surface area contributed by atoms with Crippen LogP contribution in [-0.4, -0.2) is 15.3 Å². The van der Waals surface area contributed by atoms with Crippen LogP contribution in [0.4, 0.5) is 0 Å². The molecule has 0 unspecified atom stereocenters. The van der Waals surface area contributed by atoms with E-state index < -0.39 is 0 Å². The summed E-state index contributed by atoms with van der Waals surface area (Å²) in [5.74, 6) is 1.35. The Bertz CT molecular complexity index is 379. The highest BCUT2D eigenvalue weighted by Crippen LogP contribution is 2.21. The molecule has 1 aliphatic rings. The lowest BCUT2D eigenvalue weighted by Crippen LogP contribution is -2.08. The topological polar surface area (TPSA) is 34.9 Å². The maximum Gasteiger partial charge on any atom is 0.181 e. The number of hydrogen-bond acceptors (Lipinski definition) is 2. The third kappa shape index (κ3) is 1.83. The Morgan fingerprint density at radius 2 is 2.07 bits per heavy atom. The van der Waals surface area contributed by atoms with Gasteiger partial charge in [0.15, 0.2) is 5.78 Å². The monoisotopic (exact) mass is 206 g/mol. The van der Waals surface area contributed by atoms with Crippen molar-refractivity contribution in [2.24, 2.45) is 7.05 Å². The van der Waals surface area contributed by atoms with Gasteiger partial charge in [-0.25, -0.2) is 4.98 Å². The summed E-state index contributed by atoms with van der Waals surface area (Å²) in [5.41, 5.74) is 1.90. The Morgan fingerprint density at radius 3 is 2.80 bits per heavy atom. The zero-order valence-electron chi connectivity index (χ0n) is 9.55. The number of ketones is 1. The minimum absolute atomic E-state index is 0.278. The predicted octanol–water partition coefficient (Wildman–Crippen LogP) is 2.28. The molecule has 0 bridgehead atoms. The quantitative estimate of drug-likeness (QED) is 0.696. The van der Waals surface area contributed by atoms with Crippen LogP contribution in [0.15, 0.2) is 0 Å². The molecular weight excluding hydrogens is 188 g/mol. The van der Waals surface area contributed by atoms with Gasteiger partial charge in [-0.3, -0.25) is 4.79 Å². The van der Waals surface area contributed by atoms with E-state index in [0.717, 1.165) is 49.3 Å². The van der Waals surface area contributed by atoms with Crippen molar-refractivity contribution in [3.8, 4) is 0 Å². The molecule has 82 valence electrons. The van der Waals surface area contributed by atoms with Crippen molar-refractivity contribution in [2.75, 3.05) is 0 Å². The number of nitrogens with zero attached hydrogens (tertiary/aromatic N) is 2. The van der Waals surface area contributed by atoms with Crippen LogP contribution in [0, 0.1) is 0 Å². The molecule has 0 radical (unpaired) electrons. The van der Waals surface area contributed by atoms with Gasteiger partial charge in [-0.2, -0.15) is 0 Å². The summed E-state index contributed by atoms with van der Waals surface area (Å²) in [6, 6.07) is 0. The second kappa shape index (κ2) is 4.17. The molecule has 0 aliphatic heterocycles. The third-order valence-corrected chi connectivity index (χ3v) is 3.07. The Balaban J connectivity index is 2.42. The van der Waals surface area contributed by atoms with Crippen LogP contribution < -0.4 is 0 Å². The first-order valence-electron chi connectivity index (χ1n) is 5.81. The highest BCUT2D eigenvalue weighted by Gasteiger charge is 2.22. The third-order valence-electron chi connectivity index (χ3n) is 3.07. The molecule has 1 aromatic rings. The molecule has 1 aliphatic carbocycles. The molecule has 0 aromatic carbocycles. The highest BCUT2D eigenvalue weighted by atomic mass is 16.1. The highest BCUT2D eigenvalue weighted by molar-refractivity contribution is 5.96. The maximum atomic E-state index is 11.9. The molecule has 1 heterocycles. The van der Waals surface area contributed by atoms with E-state index in [0.29, 0.717) is 6.42 Å². The number of hydrogen-bond donors (Lipinski definition) is 0. The summed E-state index contributed by atoms with van der Waals surface area (Å²) in [4.78, 5) is 16.5. The summed E-state index contributed by atoms with van der Waals surface area (Å²) in [7, 11) is 1.97. The van der Waals surface area contributed by atoms with E-state index >= 15 is 0 Å². The zero-order chi connectivity index (χ0) is 10.8. The van der Waals surface area contributed by atoms with E-state index in [2.05, 4.69) is 11.9 Å². The molecule has 0 N–H and O–H groups in total. The molecule has 15 heavy (non-hydrogen) atoms. The summed E-state index contributed by atoms with van der Waals surface area (Å²) >= 11 is 0. The van der Waals surface area contributed by atoms with Gasteiger partial charge in [-0.15, -0.1) is 0 Å². The largest absolute Gasteiger partial charge is 0.328 e. The van der Waals surface area contributed by atoms with Gasteiger partial charge < -0.3 is 4.57 Å². The first kappa shape index (κ1) is 10.4. The van der Waals surface area contributed by atoms with Crippen molar-refractivity contribution in [1.82, 2.24) is 9.55 Å². The second-order valence-corrected chi connectivity index (χ2v) is 4.26. The van der Waals surface area contributed by atoms with E-state index in [4.69, 9.17) is 0 Å². The summed E-state index contributed by atoms with van der Waals surface area (Å²) in [5, 5.41) is 0. The summed E-state index contributed by atoms with van der Waals surface area (Å²) in [6.07, 6.45) is 5.82. The Labute approximate surface area is 90.5 Å². The fourth-order valence-electron chi connectivity index (χ4n) is 2.27. The second-order valence-electron chi connectivity index (χ2n) is 4.26. The molecular formula is C12H18N2O. The number of carbonyl (C=O) groups excluding carboxylic acids is 1. The Hall–Kier alpha value is -1.12. The van der Waals surface area contributed by atoms with E-state index in [1.54, 1.807) is 0 Å². The van der Waals surface area contributed by atoms with Crippen LogP contribution in [0.3, 0.4) is 0 Å². The fourth-order valence-corrected chi connectivity index (χ4v) is 2.27. The molecule has 0 atom stereocenters. The minimum Gasteiger partial charge on any atom is -0.328 e. The SMILES string of the molecule is CCCc1nc2c(n1C)C(=O)CCCC2. The van der Waals surface area contributed by atoms with Crippen LogP contribution in [0.1, 0.15) is 54.6 Å². The molecule has 0 saturated carbocycles. The number of aromatic nitrogens is 2. The average molecular weight is 206 g/mol. The average Bonchev–Trinajstić information content (AvgIpc) is 2.41. The lowest BCUT2D eigenvalue weighted by molar-refractivity contribution is 0.0974. The Kier molecular flexibility index (Phi) is 2.89. The number of aryl methyl sites for hydroxylation is 2. The zero-order valence-corrected chi connectivity index (χ0v) is 9.55. The number of carbonyl (C=O) groups is 1. The van der Waals surface area contributed by atoms with Gasteiger partial charge in [0.25, 0.3) is 0 Å². The number of rotatable bonds is 2. The fraction of sp³-hybridized carbons (Fsp3) is 0.667. The number of imidazole rings is 1. The van der Waals surface area contributed by atoms with Crippen LogP contribution in [-0.2, 0) is 19.9 Å². The molecule has 3 heteroatoms. The van der Waals surface area contributed by atoms with E-state index in [9.17, 15) is 4.79 Å². The molecule has 0 saturated heterocycles. The summed E-state index contributed by atoms with van der Waals surface area (Å²) in [6.45, 7) is 2.14. The van der Waals surface area contributed by atoms with Gasteiger partial charge in [0, 0.05) is 19.9 Å². The van der Waals surface area contributed by atoms with Gasteiger partial charge in [0.05, 0.1) is 5.69 Å². The van der Waals surface area contributed by atoms with Gasteiger partial charge in [0.2, 0.25) is 0 Å². The smallest absolute Gasteiger partial charge is 0.181 e. The normalized spacial score (nSPS) is 16.3. The lowest BCUT2D eigenvalue weighted by Gasteiger charge is -2.03. The molecule has 0 fully saturated rings. The molecule has 2 rings (SSSR count). The van der Waals surface area contributed by atoms with Gasteiger partial charge in [-0.05, 0) is 25.7 Å². The minimum atomic E-state index is 0.278. The van der Waals surface area contributed by atoms with Crippen molar-refractivity contribution in [2.45, 2.75) is 45.4 Å². The maximum absolute atomic E-state index is 11.9. The predicted molar refractivity (Wildman–Crippen MR) is 59.1 cm³/mol.